The first kappa shape index (κ1) is 19.2. The topological polar surface area (TPSA) is 68.0 Å². The number of nitrogens with one attached hydrogen (secondary N) is 1. The van der Waals surface area contributed by atoms with Gasteiger partial charge in [-0.2, -0.15) is 0 Å². The third-order valence-corrected chi connectivity index (χ3v) is 5.17. The predicted octanol–water partition coefficient (Wildman–Crippen LogP) is 5.42. The minimum Gasteiger partial charge on any atom is -0.363 e. The van der Waals surface area contributed by atoms with Gasteiger partial charge >= 0.3 is 0 Å². The van der Waals surface area contributed by atoms with E-state index in [0.717, 1.165) is 0 Å². The fraction of sp³-hybridized carbons (Fsp3) is 0.286. The van der Waals surface area contributed by atoms with E-state index in [9.17, 15) is 18.0 Å². The molecule has 0 unspecified atom stereocenters. The van der Waals surface area contributed by atoms with Gasteiger partial charge in [-0.05, 0) is 25.0 Å². The van der Waals surface area contributed by atoms with Crippen molar-refractivity contribution in [3.05, 3.63) is 66.1 Å². The number of alkyl halides is 2. The second-order valence-corrected chi connectivity index (χ2v) is 7.10. The van der Waals surface area contributed by atoms with E-state index in [-0.39, 0.29) is 42.7 Å². The summed E-state index contributed by atoms with van der Waals surface area (Å²) in [5.74, 6) is -4.03. The van der Waals surface area contributed by atoms with Crippen LogP contribution < -0.4 is 5.32 Å². The van der Waals surface area contributed by atoms with Gasteiger partial charge in [-0.3, -0.25) is 9.78 Å². The van der Waals surface area contributed by atoms with Crippen molar-refractivity contribution < 1.29 is 22.5 Å². The van der Waals surface area contributed by atoms with Crippen molar-refractivity contribution in [2.45, 2.75) is 37.5 Å². The Bertz CT molecular complexity index is 1010. The first-order valence-corrected chi connectivity index (χ1v) is 9.27. The zero-order valence-corrected chi connectivity index (χ0v) is 15.4. The summed E-state index contributed by atoms with van der Waals surface area (Å²) < 4.78 is 46.5. The Morgan fingerprint density at radius 3 is 2.59 bits per heavy atom. The third kappa shape index (κ3) is 4.01. The third-order valence-electron chi connectivity index (χ3n) is 5.17. The maximum atomic E-state index is 14.5. The second-order valence-electron chi connectivity index (χ2n) is 7.10. The largest absolute Gasteiger partial charge is 0.363 e. The smallest absolute Gasteiger partial charge is 0.258 e. The summed E-state index contributed by atoms with van der Waals surface area (Å²) >= 11 is 0. The number of hydrogen-bond donors (Lipinski definition) is 1. The molecule has 2 aromatic heterocycles. The van der Waals surface area contributed by atoms with Crippen molar-refractivity contribution in [3.8, 4) is 11.1 Å². The Balaban J connectivity index is 1.79. The number of nitrogens with zero attached hydrogens (tertiary/aromatic N) is 2. The van der Waals surface area contributed by atoms with Gasteiger partial charge in [0.1, 0.15) is 17.8 Å². The minimum absolute atomic E-state index is 0.175. The molecule has 8 heteroatoms. The number of rotatable bonds is 4. The van der Waals surface area contributed by atoms with Crippen LogP contribution in [0.25, 0.3) is 11.1 Å². The highest BCUT2D eigenvalue weighted by atomic mass is 19.3. The molecule has 1 N–H and O–H groups in total. The van der Waals surface area contributed by atoms with Crippen LogP contribution in [0.5, 0.6) is 0 Å². The van der Waals surface area contributed by atoms with Crippen molar-refractivity contribution in [3.63, 3.8) is 0 Å². The molecule has 2 heterocycles. The highest BCUT2D eigenvalue weighted by Crippen LogP contribution is 2.42. The van der Waals surface area contributed by atoms with Gasteiger partial charge < -0.3 is 9.84 Å². The van der Waals surface area contributed by atoms with Crippen LogP contribution in [0, 0.1) is 5.82 Å². The van der Waals surface area contributed by atoms with E-state index in [1.807, 2.05) is 0 Å². The van der Waals surface area contributed by atoms with Gasteiger partial charge in [0, 0.05) is 36.1 Å². The minimum atomic E-state index is -2.70. The summed E-state index contributed by atoms with van der Waals surface area (Å²) in [7, 11) is 0. The summed E-state index contributed by atoms with van der Waals surface area (Å²) in [4.78, 5) is 17.5. The quantitative estimate of drug-likeness (QED) is 0.634. The summed E-state index contributed by atoms with van der Waals surface area (Å²) in [6.07, 6.45) is 3.95. The standard InChI is InChI=1S/C21H18F3N3O2/c22-17-4-2-1-3-15(17)16-7-10-25-19(13-5-8-21(23,24)9-6-13)18(16)20(28)27-14-11-26-29-12-14/h1-4,7,10-13H,5-6,8-9H2,(H,27,28). The molecule has 0 radical (unpaired) electrons. The Kier molecular flexibility index (Phi) is 5.08. The number of carbonyl (C=O) groups is 1. The molecule has 1 fully saturated rings. The monoisotopic (exact) mass is 401 g/mol. The number of anilines is 1. The average Bonchev–Trinajstić information content (AvgIpc) is 3.21. The van der Waals surface area contributed by atoms with Gasteiger partial charge in [0.15, 0.2) is 0 Å². The van der Waals surface area contributed by atoms with Crippen LogP contribution in [0.3, 0.4) is 0 Å². The number of carbonyl (C=O) groups excluding carboxylic acids is 1. The fourth-order valence-corrected chi connectivity index (χ4v) is 3.70. The van der Waals surface area contributed by atoms with Crippen molar-refractivity contribution in [2.24, 2.45) is 0 Å². The molecule has 5 nitrogen and oxygen atoms in total. The van der Waals surface area contributed by atoms with E-state index in [1.54, 1.807) is 24.3 Å². The first-order valence-electron chi connectivity index (χ1n) is 9.27. The first-order chi connectivity index (χ1) is 13.9. The van der Waals surface area contributed by atoms with Gasteiger partial charge in [-0.1, -0.05) is 23.4 Å². The summed E-state index contributed by atoms with van der Waals surface area (Å²) in [5.41, 5.74) is 1.51. The lowest BCUT2D eigenvalue weighted by Gasteiger charge is -2.29. The lowest BCUT2D eigenvalue weighted by atomic mass is 9.81. The molecule has 3 aromatic rings. The molecule has 0 spiro atoms. The number of hydrogen-bond acceptors (Lipinski definition) is 4. The van der Waals surface area contributed by atoms with Crippen molar-refractivity contribution >= 4 is 11.6 Å². The van der Waals surface area contributed by atoms with Gasteiger partial charge in [0.25, 0.3) is 5.91 Å². The van der Waals surface area contributed by atoms with E-state index >= 15 is 0 Å². The average molecular weight is 401 g/mol. The molecular formula is C21H18F3N3O2. The molecule has 0 bridgehead atoms. The normalized spacial score (nSPS) is 16.5. The lowest BCUT2D eigenvalue weighted by molar-refractivity contribution is -0.0385. The molecule has 0 aliphatic heterocycles. The van der Waals surface area contributed by atoms with Gasteiger partial charge in [-0.25, -0.2) is 13.2 Å². The van der Waals surface area contributed by atoms with Crippen LogP contribution in [0.1, 0.15) is 47.7 Å². The van der Waals surface area contributed by atoms with E-state index in [0.29, 0.717) is 16.9 Å². The van der Waals surface area contributed by atoms with E-state index in [4.69, 9.17) is 4.52 Å². The molecule has 1 aliphatic rings. The Morgan fingerprint density at radius 1 is 1.14 bits per heavy atom. The molecule has 1 aliphatic carbocycles. The summed E-state index contributed by atoms with van der Waals surface area (Å²) in [5, 5.41) is 6.20. The number of pyridine rings is 1. The maximum absolute atomic E-state index is 14.5. The molecular weight excluding hydrogens is 383 g/mol. The highest BCUT2D eigenvalue weighted by Gasteiger charge is 2.37. The van der Waals surface area contributed by atoms with Crippen molar-refractivity contribution in [1.29, 1.82) is 0 Å². The Hall–Kier alpha value is -3.16. The number of aromatic nitrogens is 2. The molecule has 0 saturated heterocycles. The lowest BCUT2D eigenvalue weighted by Crippen LogP contribution is -2.26. The molecule has 4 rings (SSSR count). The Labute approximate surface area is 164 Å². The van der Waals surface area contributed by atoms with Crippen molar-refractivity contribution in [1.82, 2.24) is 10.1 Å². The van der Waals surface area contributed by atoms with Crippen LogP contribution in [0.15, 0.2) is 53.5 Å². The second kappa shape index (κ2) is 7.69. The molecule has 0 atom stereocenters. The number of benzene rings is 1. The van der Waals surface area contributed by atoms with Gasteiger partial charge in [-0.15, -0.1) is 0 Å². The Morgan fingerprint density at radius 2 is 1.90 bits per heavy atom. The summed E-state index contributed by atoms with van der Waals surface area (Å²) in [6.45, 7) is 0. The van der Waals surface area contributed by atoms with Crippen LogP contribution in [-0.4, -0.2) is 22.0 Å². The molecule has 1 saturated carbocycles. The molecule has 1 aromatic carbocycles. The zero-order chi connectivity index (χ0) is 20.4. The molecule has 29 heavy (non-hydrogen) atoms. The summed E-state index contributed by atoms with van der Waals surface area (Å²) in [6, 6.07) is 7.65. The van der Waals surface area contributed by atoms with Crippen molar-refractivity contribution in [2.75, 3.05) is 5.32 Å². The number of amides is 1. The zero-order valence-electron chi connectivity index (χ0n) is 15.4. The van der Waals surface area contributed by atoms with Crippen LogP contribution in [-0.2, 0) is 0 Å². The van der Waals surface area contributed by atoms with Crippen LogP contribution >= 0.6 is 0 Å². The van der Waals surface area contributed by atoms with Crippen LogP contribution in [0.4, 0.5) is 18.9 Å². The van der Waals surface area contributed by atoms with E-state index in [1.165, 1.54) is 24.7 Å². The number of halogens is 3. The van der Waals surface area contributed by atoms with Gasteiger partial charge in [0.2, 0.25) is 5.92 Å². The SMILES string of the molecule is O=C(Nc1cnoc1)c1c(-c2ccccc2F)ccnc1C1CCC(F)(F)CC1. The highest BCUT2D eigenvalue weighted by molar-refractivity contribution is 6.09. The molecule has 1 amide bonds. The predicted molar refractivity (Wildman–Crippen MR) is 100 cm³/mol. The maximum Gasteiger partial charge on any atom is 0.258 e. The molecule has 150 valence electrons. The fourth-order valence-electron chi connectivity index (χ4n) is 3.70. The van der Waals surface area contributed by atoms with E-state index in [2.05, 4.69) is 15.5 Å². The van der Waals surface area contributed by atoms with E-state index < -0.39 is 17.6 Å². The van der Waals surface area contributed by atoms with Gasteiger partial charge in [0.05, 0.1) is 17.5 Å². The van der Waals surface area contributed by atoms with Crippen LogP contribution in [0.2, 0.25) is 0 Å².